The van der Waals surface area contributed by atoms with Crippen molar-refractivity contribution >= 4 is 5.91 Å². The SMILES string of the molecule is Cc1ccc(-c2nnc3n(c2=O)CCC32CCN(C(=O)c3cnn(C)c3)CC2)cc1. The van der Waals surface area contributed by atoms with E-state index in [1.54, 1.807) is 28.7 Å². The molecule has 4 heterocycles. The van der Waals surface area contributed by atoms with Crippen LogP contribution in [-0.4, -0.2) is 48.4 Å². The first-order valence-electron chi connectivity index (χ1n) is 10.3. The van der Waals surface area contributed by atoms with Gasteiger partial charge in [0.1, 0.15) is 5.82 Å². The molecule has 8 heteroatoms. The summed E-state index contributed by atoms with van der Waals surface area (Å²) in [5, 5.41) is 12.9. The van der Waals surface area contributed by atoms with Gasteiger partial charge in [0.25, 0.3) is 11.5 Å². The van der Waals surface area contributed by atoms with E-state index in [1.807, 2.05) is 36.1 Å². The molecule has 1 spiro atoms. The summed E-state index contributed by atoms with van der Waals surface area (Å²) in [7, 11) is 1.80. The summed E-state index contributed by atoms with van der Waals surface area (Å²) >= 11 is 0. The maximum Gasteiger partial charge on any atom is 0.280 e. The third-order valence-electron chi connectivity index (χ3n) is 6.52. The van der Waals surface area contributed by atoms with Gasteiger partial charge in [0.15, 0.2) is 5.69 Å². The fraction of sp³-hybridized carbons (Fsp3) is 0.409. The molecule has 0 radical (unpaired) electrons. The van der Waals surface area contributed by atoms with Gasteiger partial charge in [-0.3, -0.25) is 18.8 Å². The molecule has 30 heavy (non-hydrogen) atoms. The second kappa shape index (κ2) is 6.90. The lowest BCUT2D eigenvalue weighted by Crippen LogP contribution is -2.45. The lowest BCUT2D eigenvalue weighted by atomic mass is 9.76. The van der Waals surface area contributed by atoms with Crippen LogP contribution in [0.2, 0.25) is 0 Å². The molecule has 2 aliphatic heterocycles. The highest BCUT2D eigenvalue weighted by molar-refractivity contribution is 5.93. The zero-order valence-electron chi connectivity index (χ0n) is 17.2. The van der Waals surface area contributed by atoms with E-state index in [0.717, 1.165) is 36.2 Å². The largest absolute Gasteiger partial charge is 0.338 e. The van der Waals surface area contributed by atoms with Crippen LogP contribution in [0.25, 0.3) is 11.3 Å². The maximum absolute atomic E-state index is 13.1. The van der Waals surface area contributed by atoms with Crippen molar-refractivity contribution in [3.05, 3.63) is 64.0 Å². The van der Waals surface area contributed by atoms with Crippen LogP contribution in [-0.2, 0) is 19.0 Å². The minimum atomic E-state index is -0.177. The average molecular weight is 404 g/mol. The van der Waals surface area contributed by atoms with E-state index >= 15 is 0 Å². The van der Waals surface area contributed by atoms with Crippen molar-refractivity contribution in [2.45, 2.75) is 38.1 Å². The van der Waals surface area contributed by atoms with Crippen molar-refractivity contribution in [2.24, 2.45) is 7.05 Å². The fourth-order valence-corrected chi connectivity index (χ4v) is 4.67. The van der Waals surface area contributed by atoms with E-state index in [4.69, 9.17) is 0 Å². The number of benzene rings is 1. The molecular weight excluding hydrogens is 380 g/mol. The third kappa shape index (κ3) is 2.94. The highest BCUT2D eigenvalue weighted by Crippen LogP contribution is 2.41. The topological polar surface area (TPSA) is 85.9 Å². The van der Waals surface area contributed by atoms with Crippen LogP contribution in [0.4, 0.5) is 0 Å². The van der Waals surface area contributed by atoms with Crippen LogP contribution < -0.4 is 5.56 Å². The van der Waals surface area contributed by atoms with E-state index in [0.29, 0.717) is 30.9 Å². The number of aryl methyl sites for hydroxylation is 2. The Kier molecular flexibility index (Phi) is 4.30. The van der Waals surface area contributed by atoms with Crippen LogP contribution in [0, 0.1) is 6.92 Å². The number of carbonyl (C=O) groups is 1. The molecule has 1 amide bonds. The molecule has 2 aromatic heterocycles. The molecule has 3 aromatic rings. The molecule has 1 aromatic carbocycles. The molecule has 0 N–H and O–H groups in total. The molecular formula is C22H24N6O2. The van der Waals surface area contributed by atoms with Gasteiger partial charge in [-0.2, -0.15) is 5.10 Å². The first kappa shape index (κ1) is 18.7. The number of amides is 1. The molecule has 1 saturated heterocycles. The molecule has 0 bridgehead atoms. The highest BCUT2D eigenvalue weighted by Gasteiger charge is 2.45. The quantitative estimate of drug-likeness (QED) is 0.651. The van der Waals surface area contributed by atoms with Gasteiger partial charge in [0, 0.05) is 43.9 Å². The predicted octanol–water partition coefficient (Wildman–Crippen LogP) is 1.92. The van der Waals surface area contributed by atoms with Gasteiger partial charge in [0.05, 0.1) is 11.8 Å². The van der Waals surface area contributed by atoms with Gasteiger partial charge in [-0.1, -0.05) is 29.8 Å². The minimum Gasteiger partial charge on any atom is -0.338 e. The lowest BCUT2D eigenvalue weighted by Gasteiger charge is -2.38. The van der Waals surface area contributed by atoms with Crippen molar-refractivity contribution in [3.8, 4) is 11.3 Å². The summed E-state index contributed by atoms with van der Waals surface area (Å²) in [6.45, 7) is 3.95. The smallest absolute Gasteiger partial charge is 0.280 e. The van der Waals surface area contributed by atoms with E-state index in [1.165, 1.54) is 0 Å². The van der Waals surface area contributed by atoms with Crippen molar-refractivity contribution in [3.63, 3.8) is 0 Å². The average Bonchev–Trinajstić information content (AvgIpc) is 3.34. The first-order valence-corrected chi connectivity index (χ1v) is 10.3. The van der Waals surface area contributed by atoms with Crippen molar-refractivity contribution in [1.29, 1.82) is 0 Å². The molecule has 1 fully saturated rings. The second-order valence-corrected chi connectivity index (χ2v) is 8.42. The van der Waals surface area contributed by atoms with Gasteiger partial charge in [-0.25, -0.2) is 0 Å². The molecule has 2 aliphatic rings. The number of hydrogen-bond acceptors (Lipinski definition) is 5. The van der Waals surface area contributed by atoms with E-state index < -0.39 is 0 Å². The highest BCUT2D eigenvalue weighted by atomic mass is 16.2. The summed E-state index contributed by atoms with van der Waals surface area (Å²) in [5.41, 5.74) is 2.70. The Bertz CT molecular complexity index is 1170. The third-order valence-corrected chi connectivity index (χ3v) is 6.52. The van der Waals surface area contributed by atoms with Crippen LogP contribution in [0.15, 0.2) is 41.5 Å². The van der Waals surface area contributed by atoms with Crippen molar-refractivity contribution in [2.75, 3.05) is 13.1 Å². The molecule has 154 valence electrons. The monoisotopic (exact) mass is 404 g/mol. The van der Waals surface area contributed by atoms with E-state index in [-0.39, 0.29) is 16.9 Å². The lowest BCUT2D eigenvalue weighted by molar-refractivity contribution is 0.0662. The summed E-state index contributed by atoms with van der Waals surface area (Å²) in [6.07, 6.45) is 5.79. The summed E-state index contributed by atoms with van der Waals surface area (Å²) < 4.78 is 3.43. The zero-order chi connectivity index (χ0) is 20.9. The normalized spacial score (nSPS) is 17.3. The van der Waals surface area contributed by atoms with E-state index in [9.17, 15) is 9.59 Å². The molecule has 0 aliphatic carbocycles. The molecule has 0 unspecified atom stereocenters. The zero-order valence-corrected chi connectivity index (χ0v) is 17.2. The van der Waals surface area contributed by atoms with Gasteiger partial charge < -0.3 is 4.90 Å². The molecule has 0 atom stereocenters. The van der Waals surface area contributed by atoms with Gasteiger partial charge in [0.2, 0.25) is 0 Å². The standard InChI is InChI=1S/C22H24N6O2/c1-15-3-5-16(6-4-15)18-20(30)28-12-9-22(21(28)25-24-18)7-10-27(11-8-22)19(29)17-13-23-26(2)14-17/h3-6,13-14H,7-12H2,1-2H3. The number of rotatable bonds is 2. The Morgan fingerprint density at radius 2 is 1.73 bits per heavy atom. The van der Waals surface area contributed by atoms with Gasteiger partial charge >= 0.3 is 0 Å². The second-order valence-electron chi connectivity index (χ2n) is 8.42. The number of likely N-dealkylation sites (tertiary alicyclic amines) is 1. The fourth-order valence-electron chi connectivity index (χ4n) is 4.67. The summed E-state index contributed by atoms with van der Waals surface area (Å²) in [5.74, 6) is 0.783. The Labute approximate surface area is 174 Å². The maximum atomic E-state index is 13.1. The Hall–Kier alpha value is -3.29. The van der Waals surface area contributed by atoms with Crippen LogP contribution in [0.3, 0.4) is 0 Å². The number of hydrogen-bond donors (Lipinski definition) is 0. The van der Waals surface area contributed by atoms with Crippen LogP contribution >= 0.6 is 0 Å². The molecule has 0 saturated carbocycles. The Balaban J connectivity index is 1.39. The number of piperidine rings is 1. The Morgan fingerprint density at radius 1 is 1.03 bits per heavy atom. The number of nitrogens with zero attached hydrogens (tertiary/aromatic N) is 6. The van der Waals surface area contributed by atoms with Gasteiger partial charge in [-0.15, -0.1) is 10.2 Å². The number of fused-ring (bicyclic) bond motifs is 2. The molecule has 5 rings (SSSR count). The Morgan fingerprint density at radius 3 is 2.40 bits per heavy atom. The van der Waals surface area contributed by atoms with Gasteiger partial charge in [-0.05, 0) is 26.2 Å². The number of aromatic nitrogens is 5. The van der Waals surface area contributed by atoms with Crippen molar-refractivity contribution in [1.82, 2.24) is 29.4 Å². The van der Waals surface area contributed by atoms with Crippen molar-refractivity contribution < 1.29 is 4.79 Å². The van der Waals surface area contributed by atoms with Crippen LogP contribution in [0.5, 0.6) is 0 Å². The first-order chi connectivity index (χ1) is 14.5. The number of carbonyl (C=O) groups excluding carboxylic acids is 1. The summed E-state index contributed by atoms with van der Waals surface area (Å²) in [4.78, 5) is 27.7. The van der Waals surface area contributed by atoms with Crippen LogP contribution in [0.1, 0.15) is 41.0 Å². The minimum absolute atomic E-state index is 0.00846. The predicted molar refractivity (Wildman–Crippen MR) is 111 cm³/mol. The van der Waals surface area contributed by atoms with E-state index in [2.05, 4.69) is 15.3 Å². The molecule has 8 nitrogen and oxygen atoms in total. The summed E-state index contributed by atoms with van der Waals surface area (Å²) in [6, 6.07) is 7.79.